The minimum absolute atomic E-state index is 0.0241. The highest BCUT2D eigenvalue weighted by Crippen LogP contribution is 2.55. The third-order valence-electron chi connectivity index (χ3n) is 4.68. The van der Waals surface area contributed by atoms with Gasteiger partial charge >= 0.3 is 5.97 Å². The Kier molecular flexibility index (Phi) is 5.33. The second kappa shape index (κ2) is 6.90. The molecule has 0 fully saturated rings. The predicted molar refractivity (Wildman–Crippen MR) is 96.1 cm³/mol. The molecule has 1 aromatic carbocycles. The highest BCUT2D eigenvalue weighted by atomic mass is 16.5. The van der Waals surface area contributed by atoms with Crippen LogP contribution in [-0.2, 0) is 9.53 Å². The Morgan fingerprint density at radius 3 is 2.35 bits per heavy atom. The van der Waals surface area contributed by atoms with Crippen molar-refractivity contribution in [2.45, 2.75) is 60.5 Å². The summed E-state index contributed by atoms with van der Waals surface area (Å²) in [7, 11) is 0. The van der Waals surface area contributed by atoms with E-state index in [-0.39, 0.29) is 12.1 Å². The molecule has 0 radical (unpaired) electrons. The Morgan fingerprint density at radius 1 is 1.17 bits per heavy atom. The van der Waals surface area contributed by atoms with Crippen LogP contribution in [0, 0.1) is 24.2 Å². The van der Waals surface area contributed by atoms with Crippen LogP contribution in [0.4, 0.5) is 0 Å². The van der Waals surface area contributed by atoms with E-state index in [4.69, 9.17) is 4.74 Å². The van der Waals surface area contributed by atoms with Crippen LogP contribution in [0.25, 0.3) is 5.57 Å². The van der Waals surface area contributed by atoms with Crippen molar-refractivity contribution in [2.24, 2.45) is 17.3 Å². The van der Waals surface area contributed by atoms with Crippen molar-refractivity contribution in [3.05, 3.63) is 41.5 Å². The molecule has 126 valence electrons. The number of hydrogen-bond donors (Lipinski definition) is 0. The first-order valence-electron chi connectivity index (χ1n) is 8.83. The van der Waals surface area contributed by atoms with Gasteiger partial charge in [0.1, 0.15) is 11.5 Å². The summed E-state index contributed by atoms with van der Waals surface area (Å²) in [5.74, 6) is 0.598. The van der Waals surface area contributed by atoms with Gasteiger partial charge in [0.2, 0.25) is 0 Å². The molecule has 1 aliphatic rings. The Balaban J connectivity index is 2.19. The number of carbonyl (C=O) groups is 1. The molecular formula is C21H30O2. The Labute approximate surface area is 140 Å². The molecule has 0 bridgehead atoms. The lowest BCUT2D eigenvalue weighted by atomic mass is 9.90. The lowest BCUT2D eigenvalue weighted by Crippen LogP contribution is -2.33. The molecule has 1 aromatic rings. The van der Waals surface area contributed by atoms with Crippen LogP contribution < -0.4 is 0 Å². The first kappa shape index (κ1) is 17.8. The highest BCUT2D eigenvalue weighted by molar-refractivity contribution is 6.06. The van der Waals surface area contributed by atoms with Gasteiger partial charge in [-0.1, -0.05) is 76.9 Å². The van der Waals surface area contributed by atoms with E-state index in [9.17, 15) is 4.79 Å². The molecule has 0 amide bonds. The largest absolute Gasteiger partial charge is 0.461 e. The van der Waals surface area contributed by atoms with Crippen LogP contribution in [0.15, 0.2) is 30.3 Å². The van der Waals surface area contributed by atoms with E-state index < -0.39 is 5.41 Å². The smallest absolute Gasteiger partial charge is 0.320 e. The van der Waals surface area contributed by atoms with Gasteiger partial charge in [-0.3, -0.25) is 4.79 Å². The maximum absolute atomic E-state index is 12.9. The number of hydrogen-bond acceptors (Lipinski definition) is 2. The quantitative estimate of drug-likeness (QED) is 0.630. The summed E-state index contributed by atoms with van der Waals surface area (Å²) in [6, 6.07) is 8.38. The standard InChI is InChI=1S/C21H30O2/c1-7-11-21(20(22)23-19(14(2)3)15(4)5)13-18(21)17-10-8-9-16(6)12-17/h8-10,12-15,19H,7,11H2,1-6H3/t21-/m1/s1. The number of esters is 1. The first-order chi connectivity index (χ1) is 10.8. The van der Waals surface area contributed by atoms with Gasteiger partial charge < -0.3 is 4.74 Å². The predicted octanol–water partition coefficient (Wildman–Crippen LogP) is 5.40. The molecule has 1 atom stereocenters. The molecule has 0 unspecified atom stereocenters. The molecule has 0 heterocycles. The van der Waals surface area contributed by atoms with Crippen LogP contribution in [0.2, 0.25) is 0 Å². The molecule has 0 N–H and O–H groups in total. The van der Waals surface area contributed by atoms with Gasteiger partial charge in [0.05, 0.1) is 0 Å². The van der Waals surface area contributed by atoms with E-state index in [2.05, 4.69) is 71.9 Å². The number of ether oxygens (including phenoxy) is 1. The maximum Gasteiger partial charge on any atom is 0.320 e. The molecule has 0 aliphatic heterocycles. The Hall–Kier alpha value is -1.57. The van der Waals surface area contributed by atoms with Crippen LogP contribution >= 0.6 is 0 Å². The van der Waals surface area contributed by atoms with Crippen molar-refractivity contribution in [3.63, 3.8) is 0 Å². The fourth-order valence-electron chi connectivity index (χ4n) is 3.51. The number of aryl methyl sites for hydroxylation is 1. The number of rotatable bonds is 7. The van der Waals surface area contributed by atoms with Gasteiger partial charge in [-0.05, 0) is 36.3 Å². The summed E-state index contributed by atoms with van der Waals surface area (Å²) in [5.41, 5.74) is 3.02. The molecule has 2 nitrogen and oxygen atoms in total. The summed E-state index contributed by atoms with van der Waals surface area (Å²) in [6.07, 6.45) is 3.88. The van der Waals surface area contributed by atoms with Crippen molar-refractivity contribution >= 4 is 11.5 Å². The van der Waals surface area contributed by atoms with E-state index >= 15 is 0 Å². The summed E-state index contributed by atoms with van der Waals surface area (Å²) in [6.45, 7) is 12.7. The van der Waals surface area contributed by atoms with Gasteiger partial charge in [-0.2, -0.15) is 0 Å². The van der Waals surface area contributed by atoms with Crippen molar-refractivity contribution in [1.82, 2.24) is 0 Å². The molecule has 2 heteroatoms. The molecule has 0 saturated heterocycles. The number of benzene rings is 1. The lowest BCUT2D eigenvalue weighted by molar-refractivity contribution is -0.159. The normalized spacial score (nSPS) is 20.1. The van der Waals surface area contributed by atoms with Crippen LogP contribution in [0.1, 0.15) is 58.6 Å². The topological polar surface area (TPSA) is 26.3 Å². The lowest BCUT2D eigenvalue weighted by Gasteiger charge is -2.28. The summed E-state index contributed by atoms with van der Waals surface area (Å²) in [4.78, 5) is 12.9. The highest BCUT2D eigenvalue weighted by Gasteiger charge is 2.52. The van der Waals surface area contributed by atoms with E-state index in [0.29, 0.717) is 11.8 Å². The zero-order valence-electron chi connectivity index (χ0n) is 15.3. The fourth-order valence-corrected chi connectivity index (χ4v) is 3.51. The number of carbonyl (C=O) groups excluding carboxylic acids is 1. The second-order valence-corrected chi connectivity index (χ2v) is 7.51. The third-order valence-corrected chi connectivity index (χ3v) is 4.68. The van der Waals surface area contributed by atoms with Gasteiger partial charge in [-0.25, -0.2) is 0 Å². The van der Waals surface area contributed by atoms with E-state index in [1.165, 1.54) is 5.56 Å². The van der Waals surface area contributed by atoms with E-state index in [0.717, 1.165) is 24.0 Å². The Morgan fingerprint density at radius 2 is 1.83 bits per heavy atom. The minimum Gasteiger partial charge on any atom is -0.461 e. The van der Waals surface area contributed by atoms with Crippen LogP contribution in [-0.4, -0.2) is 12.1 Å². The van der Waals surface area contributed by atoms with E-state index in [1.54, 1.807) is 0 Å². The summed E-state index contributed by atoms with van der Waals surface area (Å²) in [5, 5.41) is 0. The van der Waals surface area contributed by atoms with Crippen molar-refractivity contribution < 1.29 is 9.53 Å². The van der Waals surface area contributed by atoms with Gasteiger partial charge in [0.25, 0.3) is 0 Å². The third kappa shape index (κ3) is 3.68. The van der Waals surface area contributed by atoms with E-state index in [1.807, 2.05) is 0 Å². The van der Waals surface area contributed by atoms with Crippen molar-refractivity contribution in [3.8, 4) is 0 Å². The minimum atomic E-state index is -0.495. The maximum atomic E-state index is 12.9. The molecule has 1 aliphatic carbocycles. The monoisotopic (exact) mass is 314 g/mol. The van der Waals surface area contributed by atoms with Crippen molar-refractivity contribution in [2.75, 3.05) is 0 Å². The van der Waals surface area contributed by atoms with Gasteiger partial charge in [0, 0.05) is 0 Å². The van der Waals surface area contributed by atoms with Gasteiger partial charge in [-0.15, -0.1) is 0 Å². The molecule has 2 rings (SSSR count). The average Bonchev–Trinajstić information content (AvgIpc) is 3.20. The van der Waals surface area contributed by atoms with Crippen LogP contribution in [0.5, 0.6) is 0 Å². The summed E-state index contributed by atoms with van der Waals surface area (Å²) >= 11 is 0. The molecular weight excluding hydrogens is 284 g/mol. The van der Waals surface area contributed by atoms with Crippen molar-refractivity contribution in [1.29, 1.82) is 0 Å². The van der Waals surface area contributed by atoms with Crippen LogP contribution in [0.3, 0.4) is 0 Å². The first-order valence-corrected chi connectivity index (χ1v) is 8.83. The molecule has 0 spiro atoms. The molecule has 0 saturated carbocycles. The molecule has 23 heavy (non-hydrogen) atoms. The summed E-state index contributed by atoms with van der Waals surface area (Å²) < 4.78 is 5.94. The fraction of sp³-hybridized carbons (Fsp3) is 0.571. The zero-order chi connectivity index (χ0) is 17.2. The molecule has 0 aromatic heterocycles. The Bertz CT molecular complexity index is 590. The zero-order valence-corrected chi connectivity index (χ0v) is 15.3. The average molecular weight is 314 g/mol. The van der Waals surface area contributed by atoms with Gasteiger partial charge in [0.15, 0.2) is 0 Å². The second-order valence-electron chi connectivity index (χ2n) is 7.51. The SMILES string of the molecule is CCC[C@@]1(C(=O)OC(C(C)C)C(C)C)C=C1c1cccc(C)c1.